The normalized spacial score (nSPS) is 28.9. The number of hydrogen-bond acceptors (Lipinski definition) is 3. The summed E-state index contributed by atoms with van der Waals surface area (Å²) in [6, 6.07) is 7.62. The lowest BCUT2D eigenvalue weighted by atomic mass is 9.76. The van der Waals surface area contributed by atoms with Gasteiger partial charge in [0, 0.05) is 19.1 Å². The zero-order valence-corrected chi connectivity index (χ0v) is 10.4. The van der Waals surface area contributed by atoms with Gasteiger partial charge in [0.15, 0.2) is 0 Å². The predicted molar refractivity (Wildman–Crippen MR) is 67.7 cm³/mol. The summed E-state index contributed by atoms with van der Waals surface area (Å²) in [5.41, 5.74) is 4.38. The molecule has 1 N–H and O–H groups in total. The second-order valence-corrected chi connectivity index (χ2v) is 5.12. The van der Waals surface area contributed by atoms with Gasteiger partial charge >= 0.3 is 0 Å². The van der Waals surface area contributed by atoms with Crippen LogP contribution in [0.1, 0.15) is 24.3 Å². The zero-order chi connectivity index (χ0) is 12.4. The smallest absolute Gasteiger partial charge is 0.126 e. The molecule has 1 aromatic carbocycles. The molecule has 0 bridgehead atoms. The molecule has 1 aromatic rings. The lowest BCUT2D eigenvalue weighted by molar-refractivity contribution is -0.00632. The van der Waals surface area contributed by atoms with Gasteiger partial charge in [0.1, 0.15) is 5.82 Å². The van der Waals surface area contributed by atoms with Crippen molar-refractivity contribution in [2.45, 2.75) is 24.8 Å². The van der Waals surface area contributed by atoms with Crippen LogP contribution in [0.25, 0.3) is 0 Å². The minimum absolute atomic E-state index is 0.0627. The van der Waals surface area contributed by atoms with Crippen molar-refractivity contribution in [2.75, 3.05) is 26.3 Å². The fourth-order valence-corrected chi connectivity index (χ4v) is 2.73. The minimum Gasteiger partial charge on any atom is -0.379 e. The van der Waals surface area contributed by atoms with Crippen LogP contribution in [0.3, 0.4) is 0 Å². The number of halogens is 1. The average Bonchev–Trinajstić information content (AvgIpc) is 2.36. The molecule has 2 fully saturated rings. The van der Waals surface area contributed by atoms with E-state index in [0.29, 0.717) is 12.0 Å². The Morgan fingerprint density at radius 1 is 1.17 bits per heavy atom. The Labute approximate surface area is 107 Å². The van der Waals surface area contributed by atoms with Gasteiger partial charge < -0.3 is 4.74 Å². The molecule has 0 aromatic heterocycles. The summed E-state index contributed by atoms with van der Waals surface area (Å²) in [5.74, 6) is 0.317. The van der Waals surface area contributed by atoms with E-state index in [2.05, 4.69) is 10.4 Å². The van der Waals surface area contributed by atoms with Crippen molar-refractivity contribution in [2.24, 2.45) is 0 Å². The standard InChI is InChI=1S/C14H19FN2O/c15-14-4-2-1-3-13(14)11-9-12(10-11)16-17-5-7-18-8-6-17/h1-4,11-12,16H,5-10H2. The van der Waals surface area contributed by atoms with Crippen LogP contribution in [-0.2, 0) is 4.74 Å². The molecule has 2 aliphatic rings. The van der Waals surface area contributed by atoms with Gasteiger partial charge in [0.2, 0.25) is 0 Å². The predicted octanol–water partition coefficient (Wildman–Crippen LogP) is 1.91. The molecule has 1 aliphatic carbocycles. The van der Waals surface area contributed by atoms with E-state index in [-0.39, 0.29) is 5.82 Å². The van der Waals surface area contributed by atoms with E-state index < -0.39 is 0 Å². The van der Waals surface area contributed by atoms with Gasteiger partial charge in [0.05, 0.1) is 13.2 Å². The summed E-state index contributed by atoms with van der Waals surface area (Å²) in [4.78, 5) is 0. The van der Waals surface area contributed by atoms with E-state index in [4.69, 9.17) is 4.74 Å². The molecule has 98 valence electrons. The van der Waals surface area contributed by atoms with Gasteiger partial charge in [-0.2, -0.15) is 0 Å². The summed E-state index contributed by atoms with van der Waals surface area (Å²) in [7, 11) is 0. The molecule has 0 atom stereocenters. The minimum atomic E-state index is -0.0627. The van der Waals surface area contributed by atoms with E-state index >= 15 is 0 Å². The second kappa shape index (κ2) is 5.34. The first kappa shape index (κ1) is 12.1. The number of hydrazine groups is 1. The number of ether oxygens (including phenoxy) is 1. The van der Waals surface area contributed by atoms with Crippen molar-refractivity contribution in [3.8, 4) is 0 Å². The second-order valence-electron chi connectivity index (χ2n) is 5.12. The Kier molecular flexibility index (Phi) is 3.59. The van der Waals surface area contributed by atoms with Crippen molar-refractivity contribution >= 4 is 0 Å². The third-order valence-electron chi connectivity index (χ3n) is 3.86. The molecule has 0 unspecified atom stereocenters. The van der Waals surface area contributed by atoms with Crippen LogP contribution in [0.4, 0.5) is 4.39 Å². The van der Waals surface area contributed by atoms with Gasteiger partial charge in [-0.05, 0) is 30.4 Å². The fraction of sp³-hybridized carbons (Fsp3) is 0.571. The highest BCUT2D eigenvalue weighted by Crippen LogP contribution is 2.38. The molecule has 0 spiro atoms. The number of nitrogens with zero attached hydrogens (tertiary/aromatic N) is 1. The van der Waals surface area contributed by atoms with E-state index in [1.165, 1.54) is 0 Å². The molecule has 18 heavy (non-hydrogen) atoms. The molecule has 1 aliphatic heterocycles. The van der Waals surface area contributed by atoms with Crippen LogP contribution in [0.5, 0.6) is 0 Å². The highest BCUT2D eigenvalue weighted by Gasteiger charge is 2.32. The van der Waals surface area contributed by atoms with Gasteiger partial charge in [0.25, 0.3) is 0 Å². The van der Waals surface area contributed by atoms with Gasteiger partial charge in [-0.25, -0.2) is 9.40 Å². The van der Waals surface area contributed by atoms with Crippen molar-refractivity contribution in [3.05, 3.63) is 35.6 Å². The van der Waals surface area contributed by atoms with Crippen LogP contribution < -0.4 is 5.43 Å². The highest BCUT2D eigenvalue weighted by atomic mass is 19.1. The van der Waals surface area contributed by atoms with E-state index in [0.717, 1.165) is 44.7 Å². The Morgan fingerprint density at radius 3 is 2.61 bits per heavy atom. The number of hydrogen-bond donors (Lipinski definition) is 1. The van der Waals surface area contributed by atoms with Crippen molar-refractivity contribution < 1.29 is 9.13 Å². The largest absolute Gasteiger partial charge is 0.379 e. The molecular formula is C14H19FN2O. The van der Waals surface area contributed by atoms with E-state index in [1.807, 2.05) is 12.1 Å². The molecular weight excluding hydrogens is 231 g/mol. The van der Waals surface area contributed by atoms with Gasteiger partial charge in [-0.1, -0.05) is 18.2 Å². The van der Waals surface area contributed by atoms with Crippen LogP contribution in [-0.4, -0.2) is 37.4 Å². The number of nitrogens with one attached hydrogen (secondary N) is 1. The first-order valence-electron chi connectivity index (χ1n) is 6.66. The molecule has 0 radical (unpaired) electrons. The first-order valence-corrected chi connectivity index (χ1v) is 6.66. The Bertz CT molecular complexity index is 401. The third kappa shape index (κ3) is 2.55. The molecule has 1 saturated heterocycles. The topological polar surface area (TPSA) is 24.5 Å². The Morgan fingerprint density at radius 2 is 1.89 bits per heavy atom. The number of benzene rings is 1. The summed E-state index contributed by atoms with van der Waals surface area (Å²) in [6.07, 6.45) is 2.05. The molecule has 1 heterocycles. The van der Waals surface area contributed by atoms with Gasteiger partial charge in [-0.15, -0.1) is 0 Å². The number of rotatable bonds is 3. The van der Waals surface area contributed by atoms with E-state index in [9.17, 15) is 4.39 Å². The van der Waals surface area contributed by atoms with Gasteiger partial charge in [-0.3, -0.25) is 5.43 Å². The Hall–Kier alpha value is -0.970. The highest BCUT2D eigenvalue weighted by molar-refractivity contribution is 5.24. The van der Waals surface area contributed by atoms with Crippen LogP contribution in [0, 0.1) is 5.82 Å². The monoisotopic (exact) mass is 250 g/mol. The third-order valence-corrected chi connectivity index (χ3v) is 3.86. The number of morpholine rings is 1. The summed E-state index contributed by atoms with van der Waals surface area (Å²) >= 11 is 0. The summed E-state index contributed by atoms with van der Waals surface area (Å²) in [5, 5.41) is 2.23. The Balaban J connectivity index is 1.49. The van der Waals surface area contributed by atoms with E-state index in [1.54, 1.807) is 12.1 Å². The van der Waals surface area contributed by atoms with Crippen molar-refractivity contribution in [1.82, 2.24) is 10.4 Å². The average molecular weight is 250 g/mol. The SMILES string of the molecule is Fc1ccccc1C1CC(NN2CCOCC2)C1. The van der Waals surface area contributed by atoms with Crippen molar-refractivity contribution in [1.29, 1.82) is 0 Å². The zero-order valence-electron chi connectivity index (χ0n) is 10.4. The quantitative estimate of drug-likeness (QED) is 0.887. The first-order chi connectivity index (χ1) is 8.83. The maximum atomic E-state index is 13.6. The molecule has 1 saturated carbocycles. The van der Waals surface area contributed by atoms with Crippen LogP contribution in [0.15, 0.2) is 24.3 Å². The maximum absolute atomic E-state index is 13.6. The summed E-state index contributed by atoms with van der Waals surface area (Å²) < 4.78 is 18.9. The van der Waals surface area contributed by atoms with Crippen LogP contribution in [0.2, 0.25) is 0 Å². The molecule has 3 nitrogen and oxygen atoms in total. The van der Waals surface area contributed by atoms with Crippen molar-refractivity contribution in [3.63, 3.8) is 0 Å². The maximum Gasteiger partial charge on any atom is 0.126 e. The lowest BCUT2D eigenvalue weighted by Gasteiger charge is -2.40. The van der Waals surface area contributed by atoms with Crippen LogP contribution >= 0.6 is 0 Å². The molecule has 3 rings (SSSR count). The summed E-state index contributed by atoms with van der Waals surface area (Å²) in [6.45, 7) is 3.49. The molecule has 4 heteroatoms. The fourth-order valence-electron chi connectivity index (χ4n) is 2.73. The lowest BCUT2D eigenvalue weighted by Crippen LogP contribution is -2.53. The molecule has 0 amide bonds.